The normalized spacial score (nSPS) is 11.8. The van der Waals surface area contributed by atoms with Gasteiger partial charge < -0.3 is 14.9 Å². The minimum atomic E-state index is -1.02. The summed E-state index contributed by atoms with van der Waals surface area (Å²) in [5.41, 5.74) is 6.30. The highest BCUT2D eigenvalue weighted by Gasteiger charge is 2.30. The first-order valence-corrected chi connectivity index (χ1v) is 6.39. The van der Waals surface area contributed by atoms with Gasteiger partial charge in [-0.05, 0) is 19.1 Å². The van der Waals surface area contributed by atoms with E-state index in [-0.39, 0.29) is 17.5 Å². The van der Waals surface area contributed by atoms with Crippen LogP contribution in [0.1, 0.15) is 18.7 Å². The SMILES string of the molecule is CCOC(=O)C(C(N)=S)c1nnc(-c2ccccc2)o1. The van der Waals surface area contributed by atoms with Gasteiger partial charge in [0, 0.05) is 5.56 Å². The zero-order valence-electron chi connectivity index (χ0n) is 10.8. The highest BCUT2D eigenvalue weighted by Crippen LogP contribution is 2.22. The van der Waals surface area contributed by atoms with Gasteiger partial charge in [-0.3, -0.25) is 4.79 Å². The third-order valence-corrected chi connectivity index (χ3v) is 2.75. The molecule has 20 heavy (non-hydrogen) atoms. The molecule has 1 heterocycles. The molecule has 0 saturated carbocycles. The monoisotopic (exact) mass is 291 g/mol. The summed E-state index contributed by atoms with van der Waals surface area (Å²) < 4.78 is 10.4. The van der Waals surface area contributed by atoms with Gasteiger partial charge in [0.2, 0.25) is 11.8 Å². The molecule has 0 bridgehead atoms. The van der Waals surface area contributed by atoms with Crippen LogP contribution in [-0.4, -0.2) is 27.8 Å². The molecule has 1 atom stereocenters. The Kier molecular flexibility index (Phi) is 4.41. The molecule has 2 aromatic rings. The number of thiocarbonyl (C=S) groups is 1. The highest BCUT2D eigenvalue weighted by molar-refractivity contribution is 7.80. The Morgan fingerprint density at radius 1 is 1.40 bits per heavy atom. The van der Waals surface area contributed by atoms with Gasteiger partial charge in [-0.15, -0.1) is 10.2 Å². The molecule has 0 aliphatic carbocycles. The van der Waals surface area contributed by atoms with Gasteiger partial charge in [0.15, 0.2) is 5.92 Å². The Balaban J connectivity index is 2.30. The van der Waals surface area contributed by atoms with Crippen molar-refractivity contribution in [1.29, 1.82) is 0 Å². The van der Waals surface area contributed by atoms with Crippen LogP contribution < -0.4 is 5.73 Å². The number of ether oxygens (including phenoxy) is 1. The standard InChI is InChI=1S/C13H13N3O3S/c1-2-18-13(17)9(10(14)20)12-16-15-11(19-12)8-6-4-3-5-7-8/h3-7,9H,2H2,1H3,(H2,14,20). The largest absolute Gasteiger partial charge is 0.465 e. The first-order valence-electron chi connectivity index (χ1n) is 5.98. The Morgan fingerprint density at radius 3 is 2.70 bits per heavy atom. The average Bonchev–Trinajstić information content (AvgIpc) is 2.89. The maximum absolute atomic E-state index is 11.8. The second-order valence-corrected chi connectivity index (χ2v) is 4.37. The van der Waals surface area contributed by atoms with Crippen molar-refractivity contribution >= 4 is 23.2 Å². The topological polar surface area (TPSA) is 91.2 Å². The fraction of sp³-hybridized carbons (Fsp3) is 0.231. The van der Waals surface area contributed by atoms with Crippen LogP contribution >= 0.6 is 12.2 Å². The summed E-state index contributed by atoms with van der Waals surface area (Å²) in [6, 6.07) is 9.19. The summed E-state index contributed by atoms with van der Waals surface area (Å²) >= 11 is 4.86. The summed E-state index contributed by atoms with van der Waals surface area (Å²) in [5, 5.41) is 7.73. The van der Waals surface area contributed by atoms with Gasteiger partial charge in [-0.1, -0.05) is 30.4 Å². The van der Waals surface area contributed by atoms with E-state index in [1.165, 1.54) is 0 Å². The van der Waals surface area contributed by atoms with Gasteiger partial charge in [0.1, 0.15) is 0 Å². The fourth-order valence-electron chi connectivity index (χ4n) is 1.61. The van der Waals surface area contributed by atoms with Crippen LogP contribution in [-0.2, 0) is 9.53 Å². The maximum atomic E-state index is 11.8. The summed E-state index contributed by atoms with van der Waals surface area (Å²) in [5.74, 6) is -1.28. The average molecular weight is 291 g/mol. The van der Waals surface area contributed by atoms with Gasteiger partial charge in [-0.2, -0.15) is 0 Å². The predicted molar refractivity (Wildman–Crippen MR) is 75.9 cm³/mol. The van der Waals surface area contributed by atoms with Crippen molar-refractivity contribution in [3.8, 4) is 11.5 Å². The molecular formula is C13H13N3O3S. The van der Waals surface area contributed by atoms with E-state index in [1.54, 1.807) is 6.92 Å². The lowest BCUT2D eigenvalue weighted by Gasteiger charge is -2.09. The van der Waals surface area contributed by atoms with Crippen LogP contribution in [0.5, 0.6) is 0 Å². The number of carbonyl (C=O) groups excluding carboxylic acids is 1. The zero-order chi connectivity index (χ0) is 14.5. The molecule has 1 aromatic carbocycles. The molecule has 1 unspecified atom stereocenters. The summed E-state index contributed by atoms with van der Waals surface area (Å²) in [7, 11) is 0. The second-order valence-electron chi connectivity index (χ2n) is 3.90. The van der Waals surface area contributed by atoms with Crippen molar-refractivity contribution in [2.75, 3.05) is 6.61 Å². The Labute approximate surface area is 120 Å². The molecule has 7 heteroatoms. The number of nitrogens with zero attached hydrogens (tertiary/aromatic N) is 2. The van der Waals surface area contributed by atoms with E-state index in [1.807, 2.05) is 30.3 Å². The lowest BCUT2D eigenvalue weighted by Crippen LogP contribution is -2.28. The van der Waals surface area contributed by atoms with Crippen molar-refractivity contribution in [3.05, 3.63) is 36.2 Å². The van der Waals surface area contributed by atoms with Gasteiger partial charge in [-0.25, -0.2) is 0 Å². The van der Waals surface area contributed by atoms with Gasteiger partial charge in [0.05, 0.1) is 11.6 Å². The molecule has 6 nitrogen and oxygen atoms in total. The Morgan fingerprint density at radius 2 is 2.10 bits per heavy atom. The zero-order valence-corrected chi connectivity index (χ0v) is 11.6. The lowest BCUT2D eigenvalue weighted by atomic mass is 10.1. The van der Waals surface area contributed by atoms with E-state index in [0.29, 0.717) is 5.89 Å². The number of hydrogen-bond acceptors (Lipinski definition) is 6. The molecule has 0 amide bonds. The van der Waals surface area contributed by atoms with E-state index < -0.39 is 11.9 Å². The smallest absolute Gasteiger partial charge is 0.325 e. The summed E-state index contributed by atoms with van der Waals surface area (Å²) in [6.07, 6.45) is 0. The second kappa shape index (κ2) is 6.25. The van der Waals surface area contributed by atoms with Crippen LogP contribution in [0.3, 0.4) is 0 Å². The fourth-order valence-corrected chi connectivity index (χ4v) is 1.81. The van der Waals surface area contributed by atoms with Crippen molar-refractivity contribution in [2.45, 2.75) is 12.8 Å². The lowest BCUT2D eigenvalue weighted by molar-refractivity contribution is -0.143. The maximum Gasteiger partial charge on any atom is 0.325 e. The number of nitrogens with two attached hydrogens (primary N) is 1. The van der Waals surface area contributed by atoms with E-state index in [2.05, 4.69) is 10.2 Å². The minimum Gasteiger partial charge on any atom is -0.465 e. The molecule has 2 rings (SSSR count). The van der Waals surface area contributed by atoms with Crippen LogP contribution in [0.4, 0.5) is 0 Å². The molecule has 0 fully saturated rings. The van der Waals surface area contributed by atoms with Crippen molar-refractivity contribution in [3.63, 3.8) is 0 Å². The number of aromatic nitrogens is 2. The molecular weight excluding hydrogens is 278 g/mol. The van der Waals surface area contributed by atoms with Crippen molar-refractivity contribution in [2.24, 2.45) is 5.73 Å². The van der Waals surface area contributed by atoms with Crippen molar-refractivity contribution < 1.29 is 13.9 Å². The molecule has 1 aromatic heterocycles. The third-order valence-electron chi connectivity index (χ3n) is 2.52. The van der Waals surface area contributed by atoms with E-state index in [0.717, 1.165) is 5.56 Å². The van der Waals surface area contributed by atoms with Crippen LogP contribution in [0.15, 0.2) is 34.7 Å². The quantitative estimate of drug-likeness (QED) is 0.661. The summed E-state index contributed by atoms with van der Waals surface area (Å²) in [6.45, 7) is 1.91. The molecule has 0 aliphatic heterocycles. The molecule has 104 valence electrons. The summed E-state index contributed by atoms with van der Waals surface area (Å²) in [4.78, 5) is 11.8. The molecule has 0 spiro atoms. The number of esters is 1. The highest BCUT2D eigenvalue weighted by atomic mass is 32.1. The van der Waals surface area contributed by atoms with E-state index >= 15 is 0 Å². The Bertz CT molecular complexity index is 612. The van der Waals surface area contributed by atoms with E-state index in [4.69, 9.17) is 27.1 Å². The first-order chi connectivity index (χ1) is 9.63. The first kappa shape index (κ1) is 14.1. The van der Waals surface area contributed by atoms with Gasteiger partial charge >= 0.3 is 5.97 Å². The number of hydrogen-bond donors (Lipinski definition) is 1. The van der Waals surface area contributed by atoms with Crippen LogP contribution in [0.2, 0.25) is 0 Å². The molecule has 2 N–H and O–H groups in total. The predicted octanol–water partition coefficient (Wildman–Crippen LogP) is 1.67. The van der Waals surface area contributed by atoms with E-state index in [9.17, 15) is 4.79 Å². The van der Waals surface area contributed by atoms with Crippen LogP contribution in [0, 0.1) is 0 Å². The van der Waals surface area contributed by atoms with Gasteiger partial charge in [0.25, 0.3) is 0 Å². The molecule has 0 radical (unpaired) electrons. The number of carbonyl (C=O) groups is 1. The third kappa shape index (κ3) is 3.00. The van der Waals surface area contributed by atoms with Crippen LogP contribution in [0.25, 0.3) is 11.5 Å². The molecule has 0 saturated heterocycles. The molecule has 0 aliphatic rings. The number of rotatable bonds is 5. The Hall–Kier alpha value is -2.28. The van der Waals surface area contributed by atoms with Crippen molar-refractivity contribution in [1.82, 2.24) is 10.2 Å². The minimum absolute atomic E-state index is 0.0369. The number of benzene rings is 1.